The normalized spacial score (nSPS) is 17.7. The minimum Gasteiger partial charge on any atom is -0.349 e. The van der Waals surface area contributed by atoms with Gasteiger partial charge in [0.25, 0.3) is 0 Å². The van der Waals surface area contributed by atoms with Crippen LogP contribution in [0.4, 0.5) is 4.39 Å². The van der Waals surface area contributed by atoms with Crippen LogP contribution in [0.1, 0.15) is 36.9 Å². The van der Waals surface area contributed by atoms with E-state index in [0.29, 0.717) is 36.5 Å². The standard InChI is InChI=1S/C22H23Cl2FN2O2/c1-14(17-11-20(25)19(24)12-18(17)23)26-22(29)16-8-5-9-27(13-16)21(28)10-15-6-3-2-4-7-15/h2-4,6-7,11-12,14,16H,5,8-10,13H2,1H3,(H,26,29). The van der Waals surface area contributed by atoms with Crippen LogP contribution >= 0.6 is 23.2 Å². The molecule has 0 saturated carbocycles. The van der Waals surface area contributed by atoms with Gasteiger partial charge in [-0.15, -0.1) is 0 Å². The summed E-state index contributed by atoms with van der Waals surface area (Å²) in [6.07, 6.45) is 1.80. The Labute approximate surface area is 180 Å². The Hall–Kier alpha value is -2.11. The summed E-state index contributed by atoms with van der Waals surface area (Å²) in [6, 6.07) is 11.7. The van der Waals surface area contributed by atoms with Crippen molar-refractivity contribution in [3.63, 3.8) is 0 Å². The fraction of sp³-hybridized carbons (Fsp3) is 0.364. The van der Waals surface area contributed by atoms with E-state index in [0.717, 1.165) is 12.0 Å². The molecule has 4 nitrogen and oxygen atoms in total. The number of likely N-dealkylation sites (tertiary alicyclic amines) is 1. The number of nitrogens with zero attached hydrogens (tertiary/aromatic N) is 1. The van der Waals surface area contributed by atoms with E-state index in [-0.39, 0.29) is 22.8 Å². The monoisotopic (exact) mass is 436 g/mol. The molecule has 2 unspecified atom stereocenters. The van der Waals surface area contributed by atoms with Gasteiger partial charge in [-0.05, 0) is 43.0 Å². The van der Waals surface area contributed by atoms with Gasteiger partial charge in [-0.1, -0.05) is 53.5 Å². The zero-order valence-electron chi connectivity index (χ0n) is 16.1. The summed E-state index contributed by atoms with van der Waals surface area (Å²) in [5.41, 5.74) is 1.42. The van der Waals surface area contributed by atoms with Crippen LogP contribution in [0.5, 0.6) is 0 Å². The number of carbonyl (C=O) groups excluding carboxylic acids is 2. The minimum absolute atomic E-state index is 0.0181. The van der Waals surface area contributed by atoms with Crippen LogP contribution in [0.3, 0.4) is 0 Å². The van der Waals surface area contributed by atoms with E-state index in [1.165, 1.54) is 12.1 Å². The first-order valence-corrected chi connectivity index (χ1v) is 10.4. The molecule has 1 heterocycles. The number of piperidine rings is 1. The van der Waals surface area contributed by atoms with Crippen molar-refractivity contribution < 1.29 is 14.0 Å². The third kappa shape index (κ3) is 5.49. The highest BCUT2D eigenvalue weighted by Gasteiger charge is 2.29. The van der Waals surface area contributed by atoms with Crippen molar-refractivity contribution >= 4 is 35.0 Å². The van der Waals surface area contributed by atoms with E-state index in [4.69, 9.17) is 23.2 Å². The highest BCUT2D eigenvalue weighted by Crippen LogP contribution is 2.29. The van der Waals surface area contributed by atoms with Gasteiger partial charge in [-0.25, -0.2) is 4.39 Å². The molecule has 2 aromatic carbocycles. The van der Waals surface area contributed by atoms with E-state index < -0.39 is 11.9 Å². The van der Waals surface area contributed by atoms with Gasteiger partial charge in [0, 0.05) is 18.1 Å². The van der Waals surface area contributed by atoms with Crippen molar-refractivity contribution in [2.24, 2.45) is 5.92 Å². The van der Waals surface area contributed by atoms with Crippen LogP contribution in [0.25, 0.3) is 0 Å². The number of hydrogen-bond acceptors (Lipinski definition) is 2. The molecule has 0 bridgehead atoms. The predicted octanol–water partition coefficient (Wildman–Crippen LogP) is 4.79. The molecule has 0 spiro atoms. The Kier molecular flexibility index (Phi) is 7.14. The fourth-order valence-electron chi connectivity index (χ4n) is 3.58. The molecule has 1 aliphatic rings. The molecule has 3 rings (SSSR count). The molecule has 2 atom stereocenters. The molecule has 1 N–H and O–H groups in total. The average molecular weight is 437 g/mol. The number of halogens is 3. The topological polar surface area (TPSA) is 49.4 Å². The quantitative estimate of drug-likeness (QED) is 0.684. The molecule has 29 heavy (non-hydrogen) atoms. The van der Waals surface area contributed by atoms with Crippen molar-refractivity contribution in [2.75, 3.05) is 13.1 Å². The number of rotatable bonds is 5. The Balaban J connectivity index is 1.60. The zero-order chi connectivity index (χ0) is 21.0. The van der Waals surface area contributed by atoms with Crippen LogP contribution in [0, 0.1) is 11.7 Å². The summed E-state index contributed by atoms with van der Waals surface area (Å²) >= 11 is 11.9. The third-order valence-electron chi connectivity index (χ3n) is 5.21. The highest BCUT2D eigenvalue weighted by atomic mass is 35.5. The Morgan fingerprint density at radius 3 is 2.66 bits per heavy atom. The number of carbonyl (C=O) groups is 2. The first-order valence-electron chi connectivity index (χ1n) is 9.61. The number of nitrogens with one attached hydrogen (secondary N) is 1. The van der Waals surface area contributed by atoms with Crippen molar-refractivity contribution in [2.45, 2.75) is 32.2 Å². The van der Waals surface area contributed by atoms with Crippen LogP contribution in [0.15, 0.2) is 42.5 Å². The predicted molar refractivity (Wildman–Crippen MR) is 112 cm³/mol. The molecule has 0 radical (unpaired) electrons. The third-order valence-corrected chi connectivity index (χ3v) is 5.82. The highest BCUT2D eigenvalue weighted by molar-refractivity contribution is 6.35. The maximum Gasteiger partial charge on any atom is 0.227 e. The first-order chi connectivity index (χ1) is 13.8. The lowest BCUT2D eigenvalue weighted by molar-refractivity contribution is -0.135. The zero-order valence-corrected chi connectivity index (χ0v) is 17.6. The van der Waals surface area contributed by atoms with Gasteiger partial charge in [0.2, 0.25) is 11.8 Å². The SMILES string of the molecule is CC(NC(=O)C1CCCN(C(=O)Cc2ccccc2)C1)c1cc(F)c(Cl)cc1Cl. The second-order valence-corrected chi connectivity index (χ2v) is 8.17. The van der Waals surface area contributed by atoms with Gasteiger partial charge in [-0.3, -0.25) is 9.59 Å². The molecular weight excluding hydrogens is 414 g/mol. The Morgan fingerprint density at radius 2 is 1.93 bits per heavy atom. The number of benzene rings is 2. The maximum atomic E-state index is 13.8. The fourth-order valence-corrected chi connectivity index (χ4v) is 4.13. The second-order valence-electron chi connectivity index (χ2n) is 7.36. The second kappa shape index (κ2) is 9.59. The average Bonchev–Trinajstić information content (AvgIpc) is 2.71. The Bertz CT molecular complexity index is 892. The summed E-state index contributed by atoms with van der Waals surface area (Å²) < 4.78 is 13.8. The molecule has 1 fully saturated rings. The minimum atomic E-state index is -0.581. The summed E-state index contributed by atoms with van der Waals surface area (Å²) in [7, 11) is 0. The molecule has 0 aromatic heterocycles. The molecular formula is C22H23Cl2FN2O2. The summed E-state index contributed by atoms with van der Waals surface area (Å²) in [5, 5.41) is 3.13. The van der Waals surface area contributed by atoms with Crippen LogP contribution < -0.4 is 5.32 Å². The largest absolute Gasteiger partial charge is 0.349 e. The van der Waals surface area contributed by atoms with Crippen molar-refractivity contribution in [3.05, 3.63) is 69.5 Å². The van der Waals surface area contributed by atoms with E-state index >= 15 is 0 Å². The Morgan fingerprint density at radius 1 is 1.21 bits per heavy atom. The van der Waals surface area contributed by atoms with E-state index in [1.54, 1.807) is 11.8 Å². The molecule has 154 valence electrons. The summed E-state index contributed by atoms with van der Waals surface area (Å²) in [4.78, 5) is 27.1. The van der Waals surface area contributed by atoms with Crippen molar-refractivity contribution in [3.8, 4) is 0 Å². The van der Waals surface area contributed by atoms with Gasteiger partial charge in [0.05, 0.1) is 23.4 Å². The lowest BCUT2D eigenvalue weighted by atomic mass is 9.95. The van der Waals surface area contributed by atoms with E-state index in [2.05, 4.69) is 5.32 Å². The van der Waals surface area contributed by atoms with Crippen LogP contribution in [0.2, 0.25) is 10.0 Å². The lowest BCUT2D eigenvalue weighted by Crippen LogP contribution is -2.46. The smallest absolute Gasteiger partial charge is 0.227 e. The molecule has 2 amide bonds. The summed E-state index contributed by atoms with van der Waals surface area (Å²) in [6.45, 7) is 2.78. The van der Waals surface area contributed by atoms with E-state index in [9.17, 15) is 14.0 Å². The molecule has 7 heteroatoms. The van der Waals surface area contributed by atoms with Gasteiger partial charge in [-0.2, -0.15) is 0 Å². The van der Waals surface area contributed by atoms with Gasteiger partial charge < -0.3 is 10.2 Å². The van der Waals surface area contributed by atoms with Crippen molar-refractivity contribution in [1.82, 2.24) is 10.2 Å². The maximum absolute atomic E-state index is 13.8. The molecule has 2 aromatic rings. The molecule has 1 aliphatic heterocycles. The number of hydrogen-bond donors (Lipinski definition) is 1. The van der Waals surface area contributed by atoms with Crippen LogP contribution in [-0.4, -0.2) is 29.8 Å². The summed E-state index contributed by atoms with van der Waals surface area (Å²) in [5.74, 6) is -1.03. The molecule has 1 saturated heterocycles. The molecule has 0 aliphatic carbocycles. The van der Waals surface area contributed by atoms with E-state index in [1.807, 2.05) is 30.3 Å². The van der Waals surface area contributed by atoms with Gasteiger partial charge in [0.1, 0.15) is 5.82 Å². The number of amides is 2. The van der Waals surface area contributed by atoms with Crippen molar-refractivity contribution in [1.29, 1.82) is 0 Å². The lowest BCUT2D eigenvalue weighted by Gasteiger charge is -2.33. The van der Waals surface area contributed by atoms with Gasteiger partial charge >= 0.3 is 0 Å². The van der Waals surface area contributed by atoms with Gasteiger partial charge in [0.15, 0.2) is 0 Å². The van der Waals surface area contributed by atoms with Crippen LogP contribution in [-0.2, 0) is 16.0 Å². The first kappa shape index (κ1) is 21.6.